The molecule has 3 fully saturated rings. The van der Waals surface area contributed by atoms with Gasteiger partial charge in [-0.05, 0) is 49.9 Å². The second-order valence-corrected chi connectivity index (χ2v) is 8.38. The Labute approximate surface area is 168 Å². The van der Waals surface area contributed by atoms with Crippen LogP contribution in [0.4, 0.5) is 0 Å². The van der Waals surface area contributed by atoms with Crippen molar-refractivity contribution in [3.05, 3.63) is 34.9 Å². The van der Waals surface area contributed by atoms with Crippen molar-refractivity contribution in [2.45, 2.75) is 56.8 Å². The highest BCUT2D eigenvalue weighted by atomic mass is 16.2. The van der Waals surface area contributed by atoms with Gasteiger partial charge in [0.05, 0.1) is 11.1 Å². The molecule has 0 aliphatic carbocycles. The van der Waals surface area contributed by atoms with Crippen molar-refractivity contribution in [2.24, 2.45) is 0 Å². The molecule has 1 aromatic carbocycles. The standard InChI is InChI=1S/C21H24N4O4/c26-18-6-5-17(19(27)23-18)25-20(28)15-4-1-12(9-16(15)21(25)29)11-24-13-2-3-14(24)10-22-8-7-13/h1,4,9,13-14,17,22H,2-3,5-8,10-11H2,(H,23,26,27). The zero-order valence-electron chi connectivity index (χ0n) is 16.1. The van der Waals surface area contributed by atoms with E-state index in [0.717, 1.165) is 36.5 Å². The van der Waals surface area contributed by atoms with Crippen LogP contribution in [0, 0.1) is 0 Å². The van der Waals surface area contributed by atoms with Gasteiger partial charge in [-0.25, -0.2) is 0 Å². The fourth-order valence-corrected chi connectivity index (χ4v) is 5.17. The van der Waals surface area contributed by atoms with E-state index >= 15 is 0 Å². The third-order valence-electron chi connectivity index (χ3n) is 6.67. The van der Waals surface area contributed by atoms with Crippen LogP contribution in [0.2, 0.25) is 0 Å². The highest BCUT2D eigenvalue weighted by molar-refractivity contribution is 6.23. The number of amides is 4. The van der Waals surface area contributed by atoms with Crippen LogP contribution >= 0.6 is 0 Å². The zero-order chi connectivity index (χ0) is 20.1. The van der Waals surface area contributed by atoms with Crippen molar-refractivity contribution in [1.29, 1.82) is 0 Å². The summed E-state index contributed by atoms with van der Waals surface area (Å²) in [4.78, 5) is 52.9. The Hall–Kier alpha value is -2.58. The second-order valence-electron chi connectivity index (χ2n) is 8.38. The van der Waals surface area contributed by atoms with Crippen LogP contribution in [0.3, 0.4) is 0 Å². The van der Waals surface area contributed by atoms with E-state index in [0.29, 0.717) is 23.2 Å². The molecular formula is C21H24N4O4. The second kappa shape index (κ2) is 7.03. The van der Waals surface area contributed by atoms with E-state index in [9.17, 15) is 19.2 Å². The predicted molar refractivity (Wildman–Crippen MR) is 103 cm³/mol. The SMILES string of the molecule is O=C1CCC(N2C(=O)c3ccc(CN4C5CCNCC4CC5)cc3C2=O)C(=O)N1. The molecule has 3 saturated heterocycles. The molecule has 8 nitrogen and oxygen atoms in total. The zero-order valence-corrected chi connectivity index (χ0v) is 16.1. The van der Waals surface area contributed by atoms with E-state index in [2.05, 4.69) is 15.5 Å². The van der Waals surface area contributed by atoms with Gasteiger partial charge in [-0.3, -0.25) is 34.3 Å². The first-order valence-corrected chi connectivity index (χ1v) is 10.3. The quantitative estimate of drug-likeness (QED) is 0.719. The normalized spacial score (nSPS) is 29.8. The van der Waals surface area contributed by atoms with E-state index in [-0.39, 0.29) is 18.7 Å². The molecule has 5 rings (SSSR count). The lowest BCUT2D eigenvalue weighted by Gasteiger charge is -2.28. The average Bonchev–Trinajstić information content (AvgIpc) is 3.08. The molecule has 2 N–H and O–H groups in total. The van der Waals surface area contributed by atoms with Gasteiger partial charge in [0.25, 0.3) is 11.8 Å². The molecule has 1 aromatic rings. The molecule has 0 aromatic heterocycles. The van der Waals surface area contributed by atoms with Crippen LogP contribution in [0.5, 0.6) is 0 Å². The maximum absolute atomic E-state index is 13.0. The van der Waals surface area contributed by atoms with Crippen molar-refractivity contribution in [2.75, 3.05) is 13.1 Å². The van der Waals surface area contributed by atoms with Gasteiger partial charge < -0.3 is 5.32 Å². The highest BCUT2D eigenvalue weighted by Gasteiger charge is 2.44. The monoisotopic (exact) mass is 396 g/mol. The molecule has 0 radical (unpaired) electrons. The maximum atomic E-state index is 13.0. The van der Waals surface area contributed by atoms with Crippen LogP contribution in [-0.2, 0) is 16.1 Å². The Bertz CT molecular complexity index is 900. The number of hydrogen-bond donors (Lipinski definition) is 2. The number of benzene rings is 1. The number of hydrogen-bond acceptors (Lipinski definition) is 6. The van der Waals surface area contributed by atoms with Gasteiger partial charge in [0, 0.05) is 31.6 Å². The number of imide groups is 2. The molecule has 8 heteroatoms. The molecular weight excluding hydrogens is 372 g/mol. The van der Waals surface area contributed by atoms with E-state index in [1.807, 2.05) is 6.07 Å². The topological polar surface area (TPSA) is 98.8 Å². The lowest BCUT2D eigenvalue weighted by molar-refractivity contribution is -0.136. The van der Waals surface area contributed by atoms with Crippen LogP contribution < -0.4 is 10.6 Å². The van der Waals surface area contributed by atoms with Crippen molar-refractivity contribution in [1.82, 2.24) is 20.4 Å². The first kappa shape index (κ1) is 18.4. The van der Waals surface area contributed by atoms with Crippen molar-refractivity contribution < 1.29 is 19.2 Å². The lowest BCUT2D eigenvalue weighted by Crippen LogP contribution is -2.54. The third kappa shape index (κ3) is 3.07. The average molecular weight is 396 g/mol. The molecule has 2 bridgehead atoms. The Morgan fingerprint density at radius 2 is 1.72 bits per heavy atom. The number of carbonyl (C=O) groups is 4. The number of rotatable bonds is 3. The molecule has 4 amide bonds. The lowest BCUT2D eigenvalue weighted by atomic mass is 10.0. The number of nitrogens with zero attached hydrogens (tertiary/aromatic N) is 2. The molecule has 3 unspecified atom stereocenters. The molecule has 152 valence electrons. The van der Waals surface area contributed by atoms with E-state index in [1.54, 1.807) is 12.1 Å². The molecule has 4 heterocycles. The maximum Gasteiger partial charge on any atom is 0.262 e. The van der Waals surface area contributed by atoms with Crippen LogP contribution in [0.25, 0.3) is 0 Å². The van der Waals surface area contributed by atoms with Gasteiger partial charge >= 0.3 is 0 Å². The van der Waals surface area contributed by atoms with Crippen molar-refractivity contribution in [3.63, 3.8) is 0 Å². The van der Waals surface area contributed by atoms with E-state index in [1.165, 1.54) is 12.8 Å². The summed E-state index contributed by atoms with van der Waals surface area (Å²) in [7, 11) is 0. The van der Waals surface area contributed by atoms with E-state index in [4.69, 9.17) is 0 Å². The molecule has 3 atom stereocenters. The fourth-order valence-electron chi connectivity index (χ4n) is 5.17. The number of nitrogens with one attached hydrogen (secondary N) is 2. The summed E-state index contributed by atoms with van der Waals surface area (Å²) in [6, 6.07) is 5.56. The van der Waals surface area contributed by atoms with Gasteiger partial charge in [-0.15, -0.1) is 0 Å². The molecule has 0 saturated carbocycles. The van der Waals surface area contributed by atoms with Crippen LogP contribution in [0.15, 0.2) is 18.2 Å². The summed E-state index contributed by atoms with van der Waals surface area (Å²) in [5.74, 6) is -1.84. The Kier molecular flexibility index (Phi) is 4.48. The molecule has 29 heavy (non-hydrogen) atoms. The van der Waals surface area contributed by atoms with Gasteiger partial charge in [0.15, 0.2) is 0 Å². The Morgan fingerprint density at radius 1 is 0.931 bits per heavy atom. The van der Waals surface area contributed by atoms with Crippen molar-refractivity contribution in [3.8, 4) is 0 Å². The highest BCUT2D eigenvalue weighted by Crippen LogP contribution is 2.32. The first-order chi connectivity index (χ1) is 14.0. The Balaban J connectivity index is 1.38. The molecule has 0 spiro atoms. The number of carbonyl (C=O) groups excluding carboxylic acids is 4. The van der Waals surface area contributed by atoms with E-state index < -0.39 is 23.8 Å². The minimum Gasteiger partial charge on any atom is -0.315 e. The van der Waals surface area contributed by atoms with Gasteiger partial charge in [0.2, 0.25) is 11.8 Å². The smallest absolute Gasteiger partial charge is 0.262 e. The Morgan fingerprint density at radius 3 is 2.55 bits per heavy atom. The van der Waals surface area contributed by atoms with Crippen LogP contribution in [0.1, 0.15) is 58.4 Å². The summed E-state index contributed by atoms with van der Waals surface area (Å²) in [5.41, 5.74) is 1.70. The first-order valence-electron chi connectivity index (χ1n) is 10.3. The number of fused-ring (bicyclic) bond motifs is 3. The minimum absolute atomic E-state index is 0.126. The third-order valence-corrected chi connectivity index (χ3v) is 6.67. The van der Waals surface area contributed by atoms with Gasteiger partial charge in [-0.2, -0.15) is 0 Å². The van der Waals surface area contributed by atoms with Crippen molar-refractivity contribution >= 4 is 23.6 Å². The van der Waals surface area contributed by atoms with Gasteiger partial charge in [-0.1, -0.05) is 6.07 Å². The summed E-state index contributed by atoms with van der Waals surface area (Å²) < 4.78 is 0. The summed E-state index contributed by atoms with van der Waals surface area (Å²) in [6.45, 7) is 2.78. The summed E-state index contributed by atoms with van der Waals surface area (Å²) in [6.07, 6.45) is 3.82. The summed E-state index contributed by atoms with van der Waals surface area (Å²) in [5, 5.41) is 5.72. The fraction of sp³-hybridized carbons (Fsp3) is 0.524. The molecule has 4 aliphatic rings. The predicted octanol–water partition coefficient (Wildman–Crippen LogP) is 0.414. The largest absolute Gasteiger partial charge is 0.315 e. The van der Waals surface area contributed by atoms with Crippen LogP contribution in [-0.4, -0.2) is 64.6 Å². The van der Waals surface area contributed by atoms with Gasteiger partial charge in [0.1, 0.15) is 6.04 Å². The summed E-state index contributed by atoms with van der Waals surface area (Å²) >= 11 is 0. The minimum atomic E-state index is -0.920. The number of piperidine rings is 1. The molecule has 4 aliphatic heterocycles.